The van der Waals surface area contributed by atoms with Gasteiger partial charge in [-0.2, -0.15) is 0 Å². The Hall–Kier alpha value is -2.15. The van der Waals surface area contributed by atoms with Crippen LogP contribution >= 0.6 is 0 Å². The van der Waals surface area contributed by atoms with Gasteiger partial charge < -0.3 is 14.3 Å². The molecule has 5 nitrogen and oxygen atoms in total. The number of nitrogens with one attached hydrogen (secondary N) is 1. The molecule has 1 N–H and O–H groups in total. The van der Waals surface area contributed by atoms with Crippen LogP contribution in [0.2, 0.25) is 0 Å². The normalized spacial score (nSPS) is 19.2. The van der Waals surface area contributed by atoms with Gasteiger partial charge in [0.25, 0.3) is 0 Å². The summed E-state index contributed by atoms with van der Waals surface area (Å²) in [5, 5.41) is 2.35. The summed E-state index contributed by atoms with van der Waals surface area (Å²) in [5.41, 5.74) is 2.54. The van der Waals surface area contributed by atoms with E-state index in [-0.39, 0.29) is 24.4 Å². The Kier molecular flexibility index (Phi) is 4.84. The highest BCUT2D eigenvalue weighted by molar-refractivity contribution is 6.62. The molecule has 152 valence electrons. The molecule has 0 radical (unpaired) electrons. The minimum absolute atomic E-state index is 0.242. The Morgan fingerprint density at radius 2 is 1.59 bits per heavy atom. The maximum Gasteiger partial charge on any atom is 0.494 e. The molecule has 6 heteroatoms. The SMILES string of the molecule is CC(c1ncc(-c2ccc3cc(B4OC(C)(C)C(C)(C)O4)ccc3c2)[nH]1)N(C)C. The second-order valence-corrected chi connectivity index (χ2v) is 9.23. The van der Waals surface area contributed by atoms with Crippen molar-refractivity contribution in [2.75, 3.05) is 14.1 Å². The zero-order chi connectivity index (χ0) is 21.0. The molecule has 3 aromatic rings. The first-order valence-electron chi connectivity index (χ1n) is 10.2. The lowest BCUT2D eigenvalue weighted by Gasteiger charge is -2.32. The van der Waals surface area contributed by atoms with E-state index in [4.69, 9.17) is 9.31 Å². The van der Waals surface area contributed by atoms with Crippen LogP contribution in [0.3, 0.4) is 0 Å². The highest BCUT2D eigenvalue weighted by Gasteiger charge is 2.51. The molecule has 4 rings (SSSR count). The largest absolute Gasteiger partial charge is 0.494 e. The van der Waals surface area contributed by atoms with Crippen molar-refractivity contribution in [2.45, 2.75) is 51.9 Å². The quantitative estimate of drug-likeness (QED) is 0.679. The van der Waals surface area contributed by atoms with E-state index in [9.17, 15) is 0 Å². The first-order valence-corrected chi connectivity index (χ1v) is 10.2. The Bertz CT molecular complexity index is 1030. The summed E-state index contributed by atoms with van der Waals surface area (Å²) in [6.45, 7) is 10.5. The highest BCUT2D eigenvalue weighted by Crippen LogP contribution is 2.36. The molecule has 1 saturated heterocycles. The number of benzene rings is 2. The zero-order valence-corrected chi connectivity index (χ0v) is 18.4. The number of H-pyrrole nitrogens is 1. The molecule has 0 spiro atoms. The lowest BCUT2D eigenvalue weighted by atomic mass is 9.78. The molecule has 1 atom stereocenters. The highest BCUT2D eigenvalue weighted by atomic mass is 16.7. The van der Waals surface area contributed by atoms with Crippen LogP contribution in [-0.4, -0.2) is 47.3 Å². The van der Waals surface area contributed by atoms with Gasteiger partial charge >= 0.3 is 7.12 Å². The molecule has 1 aliphatic heterocycles. The van der Waals surface area contributed by atoms with Crippen LogP contribution in [0.1, 0.15) is 46.5 Å². The summed E-state index contributed by atoms with van der Waals surface area (Å²) in [6, 6.07) is 13.1. The van der Waals surface area contributed by atoms with Gasteiger partial charge in [0.2, 0.25) is 0 Å². The van der Waals surface area contributed by atoms with Crippen LogP contribution in [0, 0.1) is 0 Å². The van der Waals surface area contributed by atoms with Crippen molar-refractivity contribution in [3.63, 3.8) is 0 Å². The fourth-order valence-corrected chi connectivity index (χ4v) is 3.50. The number of hydrogen-bond acceptors (Lipinski definition) is 4. The monoisotopic (exact) mass is 391 g/mol. The fraction of sp³-hybridized carbons (Fsp3) is 0.435. The Morgan fingerprint density at radius 1 is 0.966 bits per heavy atom. The number of rotatable bonds is 4. The van der Waals surface area contributed by atoms with Crippen molar-refractivity contribution in [3.8, 4) is 11.3 Å². The van der Waals surface area contributed by atoms with Crippen LogP contribution in [-0.2, 0) is 9.31 Å². The molecule has 0 bridgehead atoms. The molecule has 0 amide bonds. The lowest BCUT2D eigenvalue weighted by Crippen LogP contribution is -2.41. The third-order valence-electron chi connectivity index (χ3n) is 6.47. The van der Waals surface area contributed by atoms with Gasteiger partial charge in [-0.1, -0.05) is 30.3 Å². The number of aromatic nitrogens is 2. The maximum atomic E-state index is 6.20. The predicted molar refractivity (Wildman–Crippen MR) is 119 cm³/mol. The third kappa shape index (κ3) is 3.61. The second-order valence-electron chi connectivity index (χ2n) is 9.23. The van der Waals surface area contributed by atoms with Crippen LogP contribution in [0.4, 0.5) is 0 Å². The van der Waals surface area contributed by atoms with Crippen molar-refractivity contribution in [1.82, 2.24) is 14.9 Å². The van der Waals surface area contributed by atoms with E-state index in [1.807, 2.05) is 6.20 Å². The molecule has 1 aromatic heterocycles. The smallest absolute Gasteiger partial charge is 0.399 e. The van der Waals surface area contributed by atoms with E-state index >= 15 is 0 Å². The van der Waals surface area contributed by atoms with Gasteiger partial charge in [0.15, 0.2) is 0 Å². The van der Waals surface area contributed by atoms with E-state index in [2.05, 4.69) is 100.0 Å². The van der Waals surface area contributed by atoms with E-state index in [1.54, 1.807) is 0 Å². The lowest BCUT2D eigenvalue weighted by molar-refractivity contribution is 0.00578. The first-order chi connectivity index (χ1) is 13.6. The minimum Gasteiger partial charge on any atom is -0.399 e. The van der Waals surface area contributed by atoms with Crippen LogP contribution in [0.5, 0.6) is 0 Å². The topological polar surface area (TPSA) is 50.4 Å². The third-order valence-corrected chi connectivity index (χ3v) is 6.47. The van der Waals surface area contributed by atoms with E-state index in [1.165, 1.54) is 10.8 Å². The zero-order valence-electron chi connectivity index (χ0n) is 18.4. The Balaban J connectivity index is 1.62. The molecule has 2 heterocycles. The summed E-state index contributed by atoms with van der Waals surface area (Å²) in [7, 11) is 3.77. The van der Waals surface area contributed by atoms with Gasteiger partial charge in [-0.25, -0.2) is 4.98 Å². The number of hydrogen-bond donors (Lipinski definition) is 1. The fourth-order valence-electron chi connectivity index (χ4n) is 3.50. The summed E-state index contributed by atoms with van der Waals surface area (Å²) in [4.78, 5) is 10.2. The summed E-state index contributed by atoms with van der Waals surface area (Å²) in [5.74, 6) is 0.973. The minimum atomic E-state index is -0.341. The average Bonchev–Trinajstić information content (AvgIpc) is 3.23. The van der Waals surface area contributed by atoms with Crippen molar-refractivity contribution >= 4 is 23.4 Å². The molecule has 2 aromatic carbocycles. The van der Waals surface area contributed by atoms with E-state index in [0.717, 1.165) is 22.5 Å². The van der Waals surface area contributed by atoms with Gasteiger partial charge in [0, 0.05) is 5.56 Å². The number of imidazole rings is 1. The second kappa shape index (κ2) is 6.97. The summed E-state index contributed by atoms with van der Waals surface area (Å²) < 4.78 is 12.4. The van der Waals surface area contributed by atoms with Crippen LogP contribution in [0.15, 0.2) is 42.6 Å². The predicted octanol–water partition coefficient (Wildman–Crippen LogP) is 4.15. The molecule has 1 unspecified atom stereocenters. The Labute approximate surface area is 173 Å². The van der Waals surface area contributed by atoms with Crippen LogP contribution < -0.4 is 5.46 Å². The molecule has 0 saturated carbocycles. The van der Waals surface area contributed by atoms with Crippen molar-refractivity contribution in [1.29, 1.82) is 0 Å². The van der Waals surface area contributed by atoms with Crippen molar-refractivity contribution in [3.05, 3.63) is 48.4 Å². The standard InChI is InChI=1S/C23H30BN3O2/c1-15(27(6)7)21-25-14-20(26-21)18-9-8-17-13-19(11-10-16(17)12-18)24-28-22(2,3)23(4,5)29-24/h8-15H,1-7H3,(H,25,26). The van der Waals surface area contributed by atoms with Gasteiger partial charge in [-0.15, -0.1) is 0 Å². The van der Waals surface area contributed by atoms with Gasteiger partial charge in [-0.05, 0) is 71.0 Å². The van der Waals surface area contributed by atoms with Gasteiger partial charge in [0.05, 0.1) is 29.1 Å². The van der Waals surface area contributed by atoms with Gasteiger partial charge in [0.1, 0.15) is 5.82 Å². The Morgan fingerprint density at radius 3 is 2.24 bits per heavy atom. The molecule has 1 aliphatic rings. The van der Waals surface area contributed by atoms with E-state index in [0.29, 0.717) is 0 Å². The van der Waals surface area contributed by atoms with Crippen LogP contribution in [0.25, 0.3) is 22.0 Å². The van der Waals surface area contributed by atoms with E-state index < -0.39 is 0 Å². The molecular weight excluding hydrogens is 361 g/mol. The number of aromatic amines is 1. The molecule has 1 fully saturated rings. The average molecular weight is 391 g/mol. The van der Waals surface area contributed by atoms with Gasteiger partial charge in [-0.3, -0.25) is 4.90 Å². The summed E-state index contributed by atoms with van der Waals surface area (Å²) in [6.07, 6.45) is 1.91. The number of nitrogens with zero attached hydrogens (tertiary/aromatic N) is 2. The van der Waals surface area contributed by atoms with Crippen molar-refractivity contribution < 1.29 is 9.31 Å². The molecule has 29 heavy (non-hydrogen) atoms. The first kappa shape index (κ1) is 20.1. The summed E-state index contributed by atoms with van der Waals surface area (Å²) >= 11 is 0. The molecular formula is C23H30BN3O2. The molecule has 0 aliphatic carbocycles. The van der Waals surface area contributed by atoms with Crippen molar-refractivity contribution in [2.24, 2.45) is 0 Å². The maximum absolute atomic E-state index is 6.20. The number of fused-ring (bicyclic) bond motifs is 1.